The summed E-state index contributed by atoms with van der Waals surface area (Å²) < 4.78 is 32.1. The lowest BCUT2D eigenvalue weighted by molar-refractivity contribution is 0.0904. The molecule has 1 amide bonds. The summed E-state index contributed by atoms with van der Waals surface area (Å²) in [5, 5.41) is 3.93. The smallest absolute Gasteiger partial charge is 0.335 e. The molecule has 9 nitrogen and oxygen atoms in total. The average Bonchev–Trinajstić information content (AvgIpc) is 3.40. The highest BCUT2D eigenvalue weighted by atomic mass is 35.5. The van der Waals surface area contributed by atoms with Gasteiger partial charge >= 0.3 is 5.69 Å². The highest BCUT2D eigenvalue weighted by Gasteiger charge is 2.27. The number of hydrogen-bond donors (Lipinski definition) is 1. The van der Waals surface area contributed by atoms with E-state index >= 15 is 0 Å². The minimum Gasteiger partial charge on any atom is -0.349 e. The molecule has 5 heterocycles. The summed E-state index contributed by atoms with van der Waals surface area (Å²) in [5.41, 5.74) is 2.90. The Morgan fingerprint density at radius 3 is 2.63 bits per heavy atom. The maximum atomic E-state index is 13.8. The number of alkyl halides is 2. The maximum absolute atomic E-state index is 13.8. The second kappa shape index (κ2) is 10.7. The lowest BCUT2D eigenvalue weighted by Crippen LogP contribution is -2.39. The molecule has 1 aliphatic carbocycles. The van der Waals surface area contributed by atoms with Crippen LogP contribution in [-0.4, -0.2) is 40.6 Å². The maximum Gasteiger partial charge on any atom is 0.335 e. The van der Waals surface area contributed by atoms with Gasteiger partial charge in [0.1, 0.15) is 11.3 Å². The molecule has 1 aliphatic rings. The quantitative estimate of drug-likeness (QED) is 0.292. The van der Waals surface area contributed by atoms with E-state index in [1.165, 1.54) is 6.07 Å². The minimum atomic E-state index is -2.88. The van der Waals surface area contributed by atoms with Crippen LogP contribution in [0.4, 0.5) is 8.78 Å². The zero-order valence-electron chi connectivity index (χ0n) is 22.5. The van der Waals surface area contributed by atoms with Crippen molar-refractivity contribution in [3.8, 4) is 5.69 Å². The minimum absolute atomic E-state index is 0.122. The van der Waals surface area contributed by atoms with Gasteiger partial charge in [-0.3, -0.25) is 14.3 Å². The highest BCUT2D eigenvalue weighted by Crippen LogP contribution is 2.29. The number of rotatable bonds is 6. The zero-order chi connectivity index (χ0) is 28.8. The van der Waals surface area contributed by atoms with Crippen LogP contribution in [0.3, 0.4) is 0 Å². The Labute approximate surface area is 238 Å². The van der Waals surface area contributed by atoms with E-state index in [2.05, 4.69) is 20.3 Å². The number of fused-ring (bicyclic) bond motifs is 2. The normalized spacial score (nSPS) is 17.5. The van der Waals surface area contributed by atoms with Gasteiger partial charge in [0.2, 0.25) is 0 Å². The van der Waals surface area contributed by atoms with Crippen LogP contribution < -0.4 is 11.0 Å². The van der Waals surface area contributed by atoms with Crippen LogP contribution in [-0.2, 0) is 13.6 Å². The molecular formula is C29H28ClF2N7O2. The SMILES string of the molecule is Cc1cc2cc(-n3c(=O)n(C[C@H]4CC[C@H](NC(=O)c5cc(Cl)cnc5C(F)F)CC4)c4cccnc43)cnc2n1C. The van der Waals surface area contributed by atoms with Crippen molar-refractivity contribution < 1.29 is 13.6 Å². The molecular weight excluding hydrogens is 552 g/mol. The molecule has 1 fully saturated rings. The molecule has 6 rings (SSSR count). The number of aromatic nitrogens is 6. The van der Waals surface area contributed by atoms with Gasteiger partial charge in [-0.2, -0.15) is 0 Å². The second-order valence-corrected chi connectivity index (χ2v) is 11.0. The number of hydrogen-bond acceptors (Lipinski definition) is 5. The molecule has 12 heteroatoms. The Bertz CT molecular complexity index is 1840. The Balaban J connectivity index is 1.20. The number of imidazole rings is 1. The van der Waals surface area contributed by atoms with Crippen molar-refractivity contribution in [2.75, 3.05) is 0 Å². The lowest BCUT2D eigenvalue weighted by Gasteiger charge is -2.29. The van der Waals surface area contributed by atoms with Crippen LogP contribution in [0.5, 0.6) is 0 Å². The summed E-state index contributed by atoms with van der Waals surface area (Å²) in [4.78, 5) is 39.3. The monoisotopic (exact) mass is 579 g/mol. The van der Waals surface area contributed by atoms with Crippen LogP contribution in [0.15, 0.2) is 53.7 Å². The van der Waals surface area contributed by atoms with Gasteiger partial charge in [0.15, 0.2) is 5.65 Å². The summed E-state index contributed by atoms with van der Waals surface area (Å²) in [6, 6.07) is 8.75. The van der Waals surface area contributed by atoms with Gasteiger partial charge in [0.25, 0.3) is 12.3 Å². The van der Waals surface area contributed by atoms with Crippen LogP contribution in [0.1, 0.15) is 53.9 Å². The molecule has 0 aromatic carbocycles. The van der Waals surface area contributed by atoms with E-state index in [4.69, 9.17) is 11.6 Å². The molecule has 0 saturated heterocycles. The number of halogens is 3. The molecule has 1 saturated carbocycles. The van der Waals surface area contributed by atoms with Crippen molar-refractivity contribution in [1.29, 1.82) is 0 Å². The van der Waals surface area contributed by atoms with Gasteiger partial charge in [0.05, 0.1) is 28.0 Å². The van der Waals surface area contributed by atoms with E-state index in [1.807, 2.05) is 42.8 Å². The number of aryl methyl sites for hydroxylation is 2. The second-order valence-electron chi connectivity index (χ2n) is 10.6. The molecule has 5 aromatic rings. The van der Waals surface area contributed by atoms with Crippen molar-refractivity contribution in [3.05, 3.63) is 81.4 Å². The summed E-state index contributed by atoms with van der Waals surface area (Å²) in [6.07, 6.45) is 4.44. The van der Waals surface area contributed by atoms with Crippen LogP contribution in [0.25, 0.3) is 27.9 Å². The Kier molecular flexibility index (Phi) is 7.06. The van der Waals surface area contributed by atoms with E-state index in [0.29, 0.717) is 30.7 Å². The van der Waals surface area contributed by atoms with E-state index < -0.39 is 18.0 Å². The van der Waals surface area contributed by atoms with Crippen molar-refractivity contribution in [1.82, 2.24) is 34.0 Å². The number of amides is 1. The molecule has 5 aromatic heterocycles. The average molecular weight is 580 g/mol. The number of nitrogens with zero attached hydrogens (tertiary/aromatic N) is 6. The first kappa shape index (κ1) is 27.1. The van der Waals surface area contributed by atoms with Crippen molar-refractivity contribution in [3.63, 3.8) is 0 Å². The Hall–Kier alpha value is -4.12. The summed E-state index contributed by atoms with van der Waals surface area (Å²) >= 11 is 5.91. The summed E-state index contributed by atoms with van der Waals surface area (Å²) in [6.45, 7) is 2.51. The van der Waals surface area contributed by atoms with Gasteiger partial charge < -0.3 is 9.88 Å². The zero-order valence-corrected chi connectivity index (χ0v) is 23.3. The summed E-state index contributed by atoms with van der Waals surface area (Å²) in [5.74, 6) is -0.412. The van der Waals surface area contributed by atoms with E-state index in [-0.39, 0.29) is 28.2 Å². The standard InChI is InChI=1S/C29H28ClF2N7O2/c1-16-10-18-11-21(14-35-26(18)37(16)2)39-27-23(4-3-9-33-27)38(29(39)41)15-17-5-7-20(8-6-17)36-28(40)22-12-19(30)13-34-24(22)25(31)32/h3-4,9-14,17,20,25H,5-8,15H2,1-2H3,(H,36,40)/t17-,20-. The molecule has 0 atom stereocenters. The molecule has 1 N–H and O–H groups in total. The van der Waals surface area contributed by atoms with Crippen LogP contribution in [0.2, 0.25) is 5.02 Å². The third-order valence-electron chi connectivity index (χ3n) is 8.00. The third-order valence-corrected chi connectivity index (χ3v) is 8.21. The predicted molar refractivity (Wildman–Crippen MR) is 152 cm³/mol. The van der Waals surface area contributed by atoms with E-state index in [9.17, 15) is 18.4 Å². The first-order valence-corrected chi connectivity index (χ1v) is 13.8. The van der Waals surface area contributed by atoms with Crippen molar-refractivity contribution >= 4 is 39.7 Å². The van der Waals surface area contributed by atoms with Crippen molar-refractivity contribution in [2.45, 2.75) is 51.6 Å². The van der Waals surface area contributed by atoms with Gasteiger partial charge in [-0.25, -0.2) is 28.1 Å². The van der Waals surface area contributed by atoms with Gasteiger partial charge in [0, 0.05) is 43.1 Å². The molecule has 0 spiro atoms. The van der Waals surface area contributed by atoms with Gasteiger partial charge in [-0.1, -0.05) is 11.6 Å². The Morgan fingerprint density at radius 1 is 1.10 bits per heavy atom. The first-order chi connectivity index (χ1) is 19.7. The fraction of sp³-hybridized carbons (Fsp3) is 0.345. The largest absolute Gasteiger partial charge is 0.349 e. The van der Waals surface area contributed by atoms with Crippen LogP contribution in [0, 0.1) is 12.8 Å². The molecule has 0 unspecified atom stereocenters. The lowest BCUT2D eigenvalue weighted by atomic mass is 9.85. The fourth-order valence-electron chi connectivity index (χ4n) is 5.77. The van der Waals surface area contributed by atoms with Crippen LogP contribution >= 0.6 is 11.6 Å². The van der Waals surface area contributed by atoms with Gasteiger partial charge in [-0.05, 0) is 68.9 Å². The third kappa shape index (κ3) is 4.99. The highest BCUT2D eigenvalue weighted by molar-refractivity contribution is 6.30. The topological polar surface area (TPSA) is 99.6 Å². The number of carbonyl (C=O) groups excluding carboxylic acids is 1. The predicted octanol–water partition coefficient (Wildman–Crippen LogP) is 5.36. The number of carbonyl (C=O) groups is 1. The van der Waals surface area contributed by atoms with E-state index in [0.717, 1.165) is 41.3 Å². The molecule has 41 heavy (non-hydrogen) atoms. The first-order valence-electron chi connectivity index (χ1n) is 13.4. The Morgan fingerprint density at radius 2 is 1.88 bits per heavy atom. The molecule has 0 aliphatic heterocycles. The van der Waals surface area contributed by atoms with Crippen molar-refractivity contribution in [2.24, 2.45) is 13.0 Å². The molecule has 212 valence electrons. The van der Waals surface area contributed by atoms with E-state index in [1.54, 1.807) is 21.5 Å². The number of pyridine rings is 3. The summed E-state index contributed by atoms with van der Waals surface area (Å²) in [7, 11) is 1.96. The van der Waals surface area contributed by atoms with Gasteiger partial charge in [-0.15, -0.1) is 0 Å². The molecule has 0 bridgehead atoms. The molecule has 0 radical (unpaired) electrons. The fourth-order valence-corrected chi connectivity index (χ4v) is 5.93. The number of nitrogens with one attached hydrogen (secondary N) is 1.